The van der Waals surface area contributed by atoms with Crippen molar-refractivity contribution in [2.24, 2.45) is 0 Å². The smallest absolute Gasteiger partial charge is 0.261 e. The molecule has 0 saturated carbocycles. The largest absolute Gasteiger partial charge is 0.482 e. The zero-order valence-electron chi connectivity index (χ0n) is 14.3. The lowest BCUT2D eigenvalue weighted by atomic mass is 10.3. The Morgan fingerprint density at radius 1 is 1.07 bits per heavy atom. The molecule has 0 spiro atoms. The van der Waals surface area contributed by atoms with Gasteiger partial charge in [0.1, 0.15) is 5.75 Å². The summed E-state index contributed by atoms with van der Waals surface area (Å²) in [4.78, 5) is 13.8. The fourth-order valence-corrected chi connectivity index (χ4v) is 4.21. The first-order valence-electron chi connectivity index (χ1n) is 8.34. The van der Waals surface area contributed by atoms with E-state index in [-0.39, 0.29) is 28.2 Å². The summed E-state index contributed by atoms with van der Waals surface area (Å²) < 4.78 is 32.9. The molecule has 1 aliphatic rings. The fourth-order valence-electron chi connectivity index (χ4n) is 2.70. The van der Waals surface area contributed by atoms with E-state index in [9.17, 15) is 13.2 Å². The normalized spacial score (nSPS) is 14.2. The molecule has 1 N–H and O–H groups in total. The Kier molecular flexibility index (Phi) is 6.14. The molecule has 2 aromatic carbocycles. The summed E-state index contributed by atoms with van der Waals surface area (Å²) in [6.07, 6.45) is 2.00. The number of benzene rings is 2. The van der Waals surface area contributed by atoms with Gasteiger partial charge in [0, 0.05) is 23.8 Å². The van der Waals surface area contributed by atoms with E-state index in [4.69, 9.17) is 27.9 Å². The third-order valence-electron chi connectivity index (χ3n) is 4.12. The van der Waals surface area contributed by atoms with Crippen LogP contribution in [0, 0.1) is 0 Å². The highest BCUT2D eigenvalue weighted by atomic mass is 35.5. The van der Waals surface area contributed by atoms with Gasteiger partial charge in [-0.3, -0.25) is 9.52 Å². The van der Waals surface area contributed by atoms with Crippen LogP contribution in [0.2, 0.25) is 10.0 Å². The number of likely N-dealkylation sites (tertiary alicyclic amines) is 1. The summed E-state index contributed by atoms with van der Waals surface area (Å²) in [6.45, 7) is 1.35. The monoisotopic (exact) mass is 428 g/mol. The number of rotatable bonds is 6. The molecular formula is C18H18Cl2N2O4S. The van der Waals surface area contributed by atoms with Crippen LogP contribution in [0.3, 0.4) is 0 Å². The lowest BCUT2D eigenvalue weighted by Crippen LogP contribution is -2.32. The first kappa shape index (κ1) is 19.8. The molecule has 144 valence electrons. The molecule has 0 atom stereocenters. The summed E-state index contributed by atoms with van der Waals surface area (Å²) in [6, 6.07) is 10.4. The van der Waals surface area contributed by atoms with Crippen LogP contribution < -0.4 is 9.46 Å². The van der Waals surface area contributed by atoms with E-state index < -0.39 is 10.0 Å². The van der Waals surface area contributed by atoms with Gasteiger partial charge < -0.3 is 9.64 Å². The summed E-state index contributed by atoms with van der Waals surface area (Å²) in [7, 11) is -3.82. The van der Waals surface area contributed by atoms with Crippen LogP contribution >= 0.6 is 23.2 Å². The van der Waals surface area contributed by atoms with Gasteiger partial charge in [0.25, 0.3) is 15.9 Å². The summed E-state index contributed by atoms with van der Waals surface area (Å²) >= 11 is 11.9. The minimum Gasteiger partial charge on any atom is -0.482 e. The van der Waals surface area contributed by atoms with Crippen LogP contribution in [0.15, 0.2) is 47.4 Å². The van der Waals surface area contributed by atoms with Crippen LogP contribution in [0.4, 0.5) is 5.69 Å². The van der Waals surface area contributed by atoms with Gasteiger partial charge in [-0.1, -0.05) is 23.2 Å². The van der Waals surface area contributed by atoms with Crippen LogP contribution in [-0.4, -0.2) is 38.9 Å². The van der Waals surface area contributed by atoms with Gasteiger partial charge in [-0.15, -0.1) is 0 Å². The Morgan fingerprint density at radius 3 is 2.37 bits per heavy atom. The van der Waals surface area contributed by atoms with E-state index in [1.165, 1.54) is 18.2 Å². The van der Waals surface area contributed by atoms with Gasteiger partial charge in [0.05, 0.1) is 9.92 Å². The maximum atomic E-state index is 12.5. The molecule has 1 saturated heterocycles. The number of sulfonamides is 1. The highest BCUT2D eigenvalue weighted by Crippen LogP contribution is 2.28. The molecule has 27 heavy (non-hydrogen) atoms. The van der Waals surface area contributed by atoms with E-state index in [2.05, 4.69) is 4.72 Å². The number of hydrogen-bond donors (Lipinski definition) is 1. The number of amides is 1. The van der Waals surface area contributed by atoms with Gasteiger partial charge in [0.2, 0.25) is 0 Å². The predicted molar refractivity (Wildman–Crippen MR) is 105 cm³/mol. The van der Waals surface area contributed by atoms with Crippen molar-refractivity contribution < 1.29 is 17.9 Å². The predicted octanol–water partition coefficient (Wildman–Crippen LogP) is 3.80. The lowest BCUT2D eigenvalue weighted by molar-refractivity contribution is -0.132. The van der Waals surface area contributed by atoms with Crippen LogP contribution in [0.25, 0.3) is 0 Å². The van der Waals surface area contributed by atoms with Crippen molar-refractivity contribution in [1.82, 2.24) is 4.90 Å². The van der Waals surface area contributed by atoms with Gasteiger partial charge in [-0.25, -0.2) is 8.42 Å². The summed E-state index contributed by atoms with van der Waals surface area (Å²) in [5.41, 5.74) is 0.382. The number of anilines is 1. The molecule has 3 rings (SSSR count). The van der Waals surface area contributed by atoms with E-state index in [0.717, 1.165) is 25.9 Å². The Balaban J connectivity index is 1.67. The van der Waals surface area contributed by atoms with Crippen molar-refractivity contribution in [2.45, 2.75) is 17.7 Å². The fraction of sp³-hybridized carbons (Fsp3) is 0.278. The van der Waals surface area contributed by atoms with Crippen LogP contribution in [0.1, 0.15) is 12.8 Å². The molecule has 1 fully saturated rings. The topological polar surface area (TPSA) is 75.7 Å². The molecule has 0 aliphatic carbocycles. The Labute approximate surface area is 168 Å². The number of carbonyl (C=O) groups excluding carboxylic acids is 1. The standard InChI is InChI=1S/C18H18Cl2N2O4S/c19-13-3-5-14(6-4-13)21-27(24,25)15-7-8-17(16(20)11-15)26-12-18(23)22-9-1-2-10-22/h3-8,11,21H,1-2,9-10,12H2. The molecule has 0 unspecified atom stereocenters. The van der Waals surface area contributed by atoms with Gasteiger partial charge in [-0.05, 0) is 55.3 Å². The lowest BCUT2D eigenvalue weighted by Gasteiger charge is -2.16. The van der Waals surface area contributed by atoms with E-state index in [1.807, 2.05) is 0 Å². The summed E-state index contributed by atoms with van der Waals surface area (Å²) in [5.74, 6) is 0.152. The second-order valence-corrected chi connectivity index (χ2v) is 8.61. The van der Waals surface area contributed by atoms with Crippen molar-refractivity contribution >= 4 is 44.8 Å². The number of carbonyl (C=O) groups is 1. The highest BCUT2D eigenvalue weighted by Gasteiger charge is 2.20. The Hall–Kier alpha value is -1.96. The molecule has 2 aromatic rings. The number of nitrogens with zero attached hydrogens (tertiary/aromatic N) is 1. The molecule has 1 heterocycles. The Morgan fingerprint density at radius 2 is 1.74 bits per heavy atom. The Bertz CT molecular complexity index is 927. The van der Waals surface area contributed by atoms with Gasteiger partial charge in [-0.2, -0.15) is 0 Å². The van der Waals surface area contributed by atoms with Crippen molar-refractivity contribution in [2.75, 3.05) is 24.4 Å². The third kappa shape index (κ3) is 5.06. The maximum absolute atomic E-state index is 12.5. The average molecular weight is 429 g/mol. The number of halogens is 2. The van der Waals surface area contributed by atoms with Crippen LogP contribution in [-0.2, 0) is 14.8 Å². The first-order chi connectivity index (χ1) is 12.8. The zero-order chi connectivity index (χ0) is 19.4. The van der Waals surface area contributed by atoms with Crippen molar-refractivity contribution in [1.29, 1.82) is 0 Å². The number of hydrogen-bond acceptors (Lipinski definition) is 4. The van der Waals surface area contributed by atoms with Crippen molar-refractivity contribution in [3.8, 4) is 5.75 Å². The van der Waals surface area contributed by atoms with E-state index in [0.29, 0.717) is 10.7 Å². The highest BCUT2D eigenvalue weighted by molar-refractivity contribution is 7.92. The molecule has 1 aliphatic heterocycles. The third-order valence-corrected chi connectivity index (χ3v) is 6.05. The number of nitrogens with one attached hydrogen (secondary N) is 1. The molecular weight excluding hydrogens is 411 g/mol. The van der Waals surface area contributed by atoms with E-state index in [1.54, 1.807) is 29.2 Å². The van der Waals surface area contributed by atoms with Crippen LogP contribution in [0.5, 0.6) is 5.75 Å². The minimum absolute atomic E-state index is 0.0133. The average Bonchev–Trinajstić information content (AvgIpc) is 3.17. The van der Waals surface area contributed by atoms with Crippen molar-refractivity contribution in [3.05, 3.63) is 52.5 Å². The number of ether oxygens (including phenoxy) is 1. The molecule has 0 aromatic heterocycles. The minimum atomic E-state index is -3.82. The molecule has 0 bridgehead atoms. The molecule has 0 radical (unpaired) electrons. The second-order valence-electron chi connectivity index (χ2n) is 6.08. The molecule has 6 nitrogen and oxygen atoms in total. The van der Waals surface area contributed by atoms with Crippen molar-refractivity contribution in [3.63, 3.8) is 0 Å². The molecule has 1 amide bonds. The van der Waals surface area contributed by atoms with E-state index >= 15 is 0 Å². The second kappa shape index (κ2) is 8.37. The first-order valence-corrected chi connectivity index (χ1v) is 10.6. The van der Waals surface area contributed by atoms with Gasteiger partial charge in [0.15, 0.2) is 6.61 Å². The summed E-state index contributed by atoms with van der Waals surface area (Å²) in [5, 5.41) is 0.620. The zero-order valence-corrected chi connectivity index (χ0v) is 16.6. The quantitative estimate of drug-likeness (QED) is 0.758. The van der Waals surface area contributed by atoms with Gasteiger partial charge >= 0.3 is 0 Å². The molecule has 9 heteroatoms. The maximum Gasteiger partial charge on any atom is 0.261 e. The SMILES string of the molecule is O=C(COc1ccc(S(=O)(=O)Nc2ccc(Cl)cc2)cc1Cl)N1CCCC1.